The average molecular weight is 309 g/mol. The highest BCUT2D eigenvalue weighted by Gasteiger charge is 2.14. The van der Waals surface area contributed by atoms with Crippen LogP contribution in [-0.2, 0) is 6.61 Å². The molecule has 21 heavy (non-hydrogen) atoms. The number of carbonyl (C=O) groups is 1. The van der Waals surface area contributed by atoms with Crippen LogP contribution < -0.4 is 4.74 Å². The molecule has 108 valence electrons. The number of pyridine rings is 1. The molecule has 0 amide bonds. The average Bonchev–Trinajstić information content (AvgIpc) is 2.45. The van der Waals surface area contributed by atoms with Gasteiger partial charge in [0.25, 0.3) is 5.69 Å². The van der Waals surface area contributed by atoms with Gasteiger partial charge >= 0.3 is 5.97 Å². The number of ether oxygens (including phenoxy) is 1. The minimum Gasteiger partial charge on any atom is -0.487 e. The second-order valence-electron chi connectivity index (χ2n) is 4.00. The maximum atomic E-state index is 10.9. The first-order chi connectivity index (χ1) is 9.97. The summed E-state index contributed by atoms with van der Waals surface area (Å²) < 4.78 is 5.35. The van der Waals surface area contributed by atoms with Gasteiger partial charge in [0.2, 0.25) is 0 Å². The van der Waals surface area contributed by atoms with Gasteiger partial charge in [-0.1, -0.05) is 11.6 Å². The first-order valence-electron chi connectivity index (χ1n) is 5.72. The zero-order valence-corrected chi connectivity index (χ0v) is 11.3. The molecule has 1 heterocycles. The van der Waals surface area contributed by atoms with Crippen molar-refractivity contribution in [2.24, 2.45) is 0 Å². The number of benzene rings is 1. The number of hydrogen-bond acceptors (Lipinski definition) is 5. The summed E-state index contributed by atoms with van der Waals surface area (Å²) in [7, 11) is 0. The number of nitrogens with zero attached hydrogens (tertiary/aromatic N) is 2. The number of nitro groups is 1. The van der Waals surface area contributed by atoms with Crippen LogP contribution in [0.2, 0.25) is 5.02 Å². The molecule has 0 saturated carbocycles. The van der Waals surface area contributed by atoms with Crippen LogP contribution in [0, 0.1) is 10.1 Å². The second-order valence-corrected chi connectivity index (χ2v) is 4.44. The van der Waals surface area contributed by atoms with E-state index in [9.17, 15) is 14.9 Å². The van der Waals surface area contributed by atoms with Crippen molar-refractivity contribution in [1.29, 1.82) is 0 Å². The SMILES string of the molecule is O=C(O)c1ccc(OCc2cc(Cl)ccc2[N+](=O)[O-])cn1. The zero-order chi connectivity index (χ0) is 15.4. The summed E-state index contributed by atoms with van der Waals surface area (Å²) in [5.41, 5.74) is 0.0976. The van der Waals surface area contributed by atoms with Crippen molar-refractivity contribution in [2.45, 2.75) is 6.61 Å². The predicted molar refractivity (Wildman–Crippen MR) is 73.6 cm³/mol. The Kier molecular flexibility index (Phi) is 4.34. The van der Waals surface area contributed by atoms with Gasteiger partial charge in [0.15, 0.2) is 0 Å². The number of carboxylic acid groups (broad SMARTS) is 1. The normalized spacial score (nSPS) is 10.1. The van der Waals surface area contributed by atoms with Crippen LogP contribution in [0.4, 0.5) is 5.69 Å². The van der Waals surface area contributed by atoms with Crippen LogP contribution in [0.5, 0.6) is 5.75 Å². The summed E-state index contributed by atoms with van der Waals surface area (Å²) in [5.74, 6) is -0.846. The maximum Gasteiger partial charge on any atom is 0.354 e. The van der Waals surface area contributed by atoms with Gasteiger partial charge in [0, 0.05) is 11.1 Å². The number of aromatic nitrogens is 1. The summed E-state index contributed by atoms with van der Waals surface area (Å²) >= 11 is 5.80. The van der Waals surface area contributed by atoms with Gasteiger partial charge in [0.05, 0.1) is 16.7 Å². The fourth-order valence-electron chi connectivity index (χ4n) is 1.60. The van der Waals surface area contributed by atoms with E-state index in [0.29, 0.717) is 16.3 Å². The van der Waals surface area contributed by atoms with Crippen LogP contribution in [0.1, 0.15) is 16.1 Å². The molecule has 0 radical (unpaired) electrons. The molecule has 0 fully saturated rings. The van der Waals surface area contributed by atoms with Crippen molar-refractivity contribution in [2.75, 3.05) is 0 Å². The molecule has 1 aromatic carbocycles. The molecule has 0 bridgehead atoms. The summed E-state index contributed by atoms with van der Waals surface area (Å²) in [6, 6.07) is 6.87. The van der Waals surface area contributed by atoms with Gasteiger partial charge in [-0.25, -0.2) is 9.78 Å². The smallest absolute Gasteiger partial charge is 0.354 e. The minimum atomic E-state index is -1.15. The summed E-state index contributed by atoms with van der Waals surface area (Å²) in [4.78, 5) is 24.7. The van der Waals surface area contributed by atoms with E-state index in [2.05, 4.69) is 4.98 Å². The molecule has 1 aromatic heterocycles. The molecule has 0 aliphatic heterocycles. The van der Waals surface area contributed by atoms with Crippen molar-refractivity contribution in [3.63, 3.8) is 0 Å². The van der Waals surface area contributed by atoms with E-state index in [0.717, 1.165) is 0 Å². The molecule has 0 spiro atoms. The van der Waals surface area contributed by atoms with Gasteiger partial charge in [-0.05, 0) is 24.3 Å². The van der Waals surface area contributed by atoms with E-state index in [1.807, 2.05) is 0 Å². The maximum absolute atomic E-state index is 10.9. The van der Waals surface area contributed by atoms with Gasteiger partial charge in [-0.3, -0.25) is 10.1 Å². The van der Waals surface area contributed by atoms with E-state index in [1.54, 1.807) is 0 Å². The zero-order valence-electron chi connectivity index (χ0n) is 10.5. The molecule has 0 unspecified atom stereocenters. The van der Waals surface area contributed by atoms with E-state index in [-0.39, 0.29) is 18.0 Å². The van der Waals surface area contributed by atoms with Crippen molar-refractivity contribution in [3.8, 4) is 5.75 Å². The van der Waals surface area contributed by atoms with E-state index >= 15 is 0 Å². The first-order valence-corrected chi connectivity index (χ1v) is 6.10. The number of nitro benzene ring substituents is 1. The standard InChI is InChI=1S/C13H9ClN2O5/c14-9-1-4-12(16(19)20)8(5-9)7-21-10-2-3-11(13(17)18)15-6-10/h1-6H,7H2,(H,17,18). The third-order valence-electron chi connectivity index (χ3n) is 2.59. The minimum absolute atomic E-state index is 0.0784. The van der Waals surface area contributed by atoms with Crippen LogP contribution in [-0.4, -0.2) is 21.0 Å². The first kappa shape index (κ1) is 14.7. The van der Waals surface area contributed by atoms with Gasteiger partial charge < -0.3 is 9.84 Å². The summed E-state index contributed by atoms with van der Waals surface area (Å²) in [6.45, 7) is -0.0784. The third-order valence-corrected chi connectivity index (χ3v) is 2.82. The van der Waals surface area contributed by atoms with E-state index in [4.69, 9.17) is 21.4 Å². The van der Waals surface area contributed by atoms with Gasteiger partial charge in [-0.15, -0.1) is 0 Å². The lowest BCUT2D eigenvalue weighted by molar-refractivity contribution is -0.385. The number of aromatic carboxylic acids is 1. The molecule has 0 saturated heterocycles. The predicted octanol–water partition coefficient (Wildman–Crippen LogP) is 2.92. The summed E-state index contributed by atoms with van der Waals surface area (Å²) in [5, 5.41) is 20.0. The highest BCUT2D eigenvalue weighted by molar-refractivity contribution is 6.30. The Hall–Kier alpha value is -2.67. The largest absolute Gasteiger partial charge is 0.487 e. The number of hydrogen-bond donors (Lipinski definition) is 1. The lowest BCUT2D eigenvalue weighted by Gasteiger charge is -2.07. The lowest BCUT2D eigenvalue weighted by atomic mass is 10.2. The molecule has 7 nitrogen and oxygen atoms in total. The molecular formula is C13H9ClN2O5. The molecule has 0 aliphatic rings. The molecule has 2 rings (SSSR count). The Bertz CT molecular complexity index is 687. The van der Waals surface area contributed by atoms with Crippen molar-refractivity contribution < 1.29 is 19.6 Å². The van der Waals surface area contributed by atoms with Crippen LogP contribution in [0.25, 0.3) is 0 Å². The monoisotopic (exact) mass is 308 g/mol. The molecular weight excluding hydrogens is 300 g/mol. The van der Waals surface area contributed by atoms with Gasteiger partial charge in [0.1, 0.15) is 18.1 Å². The van der Waals surface area contributed by atoms with E-state index in [1.165, 1.54) is 36.5 Å². The lowest BCUT2D eigenvalue weighted by Crippen LogP contribution is -2.03. The Labute approximate surface area is 123 Å². The summed E-state index contributed by atoms with van der Waals surface area (Å²) in [6.07, 6.45) is 1.24. The van der Waals surface area contributed by atoms with Crippen molar-refractivity contribution in [3.05, 3.63) is 62.9 Å². The highest BCUT2D eigenvalue weighted by atomic mass is 35.5. The highest BCUT2D eigenvalue weighted by Crippen LogP contribution is 2.24. The van der Waals surface area contributed by atoms with Crippen LogP contribution >= 0.6 is 11.6 Å². The van der Waals surface area contributed by atoms with Crippen LogP contribution in [0.15, 0.2) is 36.5 Å². The number of carboxylic acids is 1. The molecule has 8 heteroatoms. The van der Waals surface area contributed by atoms with Crippen molar-refractivity contribution >= 4 is 23.3 Å². The molecule has 0 aliphatic carbocycles. The molecule has 0 atom stereocenters. The Balaban J connectivity index is 2.14. The second kappa shape index (κ2) is 6.19. The van der Waals surface area contributed by atoms with Crippen LogP contribution in [0.3, 0.4) is 0 Å². The Morgan fingerprint density at radius 2 is 2.14 bits per heavy atom. The van der Waals surface area contributed by atoms with E-state index < -0.39 is 10.9 Å². The number of rotatable bonds is 5. The quantitative estimate of drug-likeness (QED) is 0.673. The molecule has 2 aromatic rings. The topological polar surface area (TPSA) is 103 Å². The number of halogens is 1. The fourth-order valence-corrected chi connectivity index (χ4v) is 1.80. The fraction of sp³-hybridized carbons (Fsp3) is 0.0769. The van der Waals surface area contributed by atoms with Crippen molar-refractivity contribution in [1.82, 2.24) is 4.98 Å². The third kappa shape index (κ3) is 3.67. The van der Waals surface area contributed by atoms with Gasteiger partial charge in [-0.2, -0.15) is 0 Å². The molecule has 1 N–H and O–H groups in total. The Morgan fingerprint density at radius 1 is 1.38 bits per heavy atom. The Morgan fingerprint density at radius 3 is 2.71 bits per heavy atom.